The number of hydrogen-bond acceptors (Lipinski definition) is 3. The number of halogens is 2. The molecule has 3 nitrogen and oxygen atoms in total. The number of carbonyl (C=O) groups excluding carboxylic acids is 1. The summed E-state index contributed by atoms with van der Waals surface area (Å²) in [4.78, 5) is 11.5. The first kappa shape index (κ1) is 18.1. The summed E-state index contributed by atoms with van der Waals surface area (Å²) in [6, 6.07) is 4.86. The van der Waals surface area contributed by atoms with Gasteiger partial charge in [-0.25, -0.2) is 4.79 Å². The number of rotatable bonds is 10. The maximum Gasteiger partial charge on any atom is 0.344 e. The third kappa shape index (κ3) is 8.18. The van der Waals surface area contributed by atoms with Crippen molar-refractivity contribution in [2.45, 2.75) is 45.4 Å². The van der Waals surface area contributed by atoms with Crippen molar-refractivity contribution in [1.29, 1.82) is 0 Å². The highest BCUT2D eigenvalue weighted by Gasteiger charge is 2.07. The molecule has 0 amide bonds. The monoisotopic (exact) mass is 332 g/mol. The van der Waals surface area contributed by atoms with Crippen LogP contribution in [0, 0.1) is 0 Å². The fourth-order valence-corrected chi connectivity index (χ4v) is 2.30. The lowest BCUT2D eigenvalue weighted by Crippen LogP contribution is -2.15. The normalized spacial score (nSPS) is 10.4. The minimum absolute atomic E-state index is 0.142. The summed E-state index contributed by atoms with van der Waals surface area (Å²) in [6.45, 7) is 2.49. The van der Waals surface area contributed by atoms with E-state index in [4.69, 9.17) is 32.7 Å². The molecule has 0 aliphatic carbocycles. The standard InChI is InChI=1S/C16H22Cl2O3/c1-2-3-4-5-6-7-10-20-16(19)12-21-15-9-8-13(17)11-14(15)18/h8-9,11H,2-7,10,12H2,1H3. The number of esters is 1. The van der Waals surface area contributed by atoms with Crippen LogP contribution in [0.5, 0.6) is 5.75 Å². The van der Waals surface area contributed by atoms with Crippen molar-refractivity contribution in [2.24, 2.45) is 0 Å². The molecule has 0 atom stereocenters. The van der Waals surface area contributed by atoms with E-state index in [1.807, 2.05) is 0 Å². The Kier molecular flexibility index (Phi) is 9.27. The van der Waals surface area contributed by atoms with Crippen LogP contribution in [-0.2, 0) is 9.53 Å². The van der Waals surface area contributed by atoms with E-state index >= 15 is 0 Å². The van der Waals surface area contributed by atoms with Crippen LogP contribution in [0.2, 0.25) is 10.0 Å². The van der Waals surface area contributed by atoms with E-state index in [1.165, 1.54) is 25.7 Å². The maximum atomic E-state index is 11.5. The quantitative estimate of drug-likeness (QED) is 0.432. The topological polar surface area (TPSA) is 35.5 Å². The van der Waals surface area contributed by atoms with Crippen LogP contribution in [0.3, 0.4) is 0 Å². The summed E-state index contributed by atoms with van der Waals surface area (Å²) in [5.41, 5.74) is 0. The van der Waals surface area contributed by atoms with Crippen molar-refractivity contribution in [3.8, 4) is 5.75 Å². The maximum absolute atomic E-state index is 11.5. The molecule has 0 spiro atoms. The highest BCUT2D eigenvalue weighted by atomic mass is 35.5. The molecule has 1 aromatic rings. The van der Waals surface area contributed by atoms with Gasteiger partial charge in [-0.2, -0.15) is 0 Å². The Morgan fingerprint density at radius 1 is 1.10 bits per heavy atom. The first-order chi connectivity index (χ1) is 10.1. The van der Waals surface area contributed by atoms with E-state index in [-0.39, 0.29) is 12.6 Å². The first-order valence-corrected chi connectivity index (χ1v) is 8.12. The molecule has 0 aliphatic rings. The number of carbonyl (C=O) groups is 1. The van der Waals surface area contributed by atoms with Gasteiger partial charge in [0.05, 0.1) is 11.6 Å². The average Bonchev–Trinajstić information content (AvgIpc) is 2.45. The van der Waals surface area contributed by atoms with Crippen molar-refractivity contribution in [2.75, 3.05) is 13.2 Å². The van der Waals surface area contributed by atoms with Gasteiger partial charge in [0.2, 0.25) is 0 Å². The first-order valence-electron chi connectivity index (χ1n) is 7.37. The summed E-state index contributed by atoms with van der Waals surface area (Å²) in [5.74, 6) is 0.0483. The third-order valence-electron chi connectivity index (χ3n) is 3.00. The zero-order valence-corrected chi connectivity index (χ0v) is 13.9. The van der Waals surface area contributed by atoms with Gasteiger partial charge in [-0.3, -0.25) is 0 Å². The lowest BCUT2D eigenvalue weighted by atomic mass is 10.1. The minimum Gasteiger partial charge on any atom is -0.480 e. The SMILES string of the molecule is CCCCCCCCOC(=O)COc1ccc(Cl)cc1Cl. The molecule has 1 rings (SSSR count). The van der Waals surface area contributed by atoms with Gasteiger partial charge in [0.25, 0.3) is 0 Å². The van der Waals surface area contributed by atoms with Crippen LogP contribution in [0.15, 0.2) is 18.2 Å². The summed E-state index contributed by atoms with van der Waals surface area (Å²) < 4.78 is 10.4. The lowest BCUT2D eigenvalue weighted by molar-refractivity contribution is -0.146. The third-order valence-corrected chi connectivity index (χ3v) is 3.53. The van der Waals surface area contributed by atoms with E-state index in [1.54, 1.807) is 18.2 Å². The Morgan fingerprint density at radius 3 is 2.52 bits per heavy atom. The van der Waals surface area contributed by atoms with E-state index in [2.05, 4.69) is 6.92 Å². The van der Waals surface area contributed by atoms with Crippen molar-refractivity contribution < 1.29 is 14.3 Å². The van der Waals surface area contributed by atoms with Gasteiger partial charge >= 0.3 is 5.97 Å². The van der Waals surface area contributed by atoms with Crippen LogP contribution >= 0.6 is 23.2 Å². The van der Waals surface area contributed by atoms with Gasteiger partial charge in [-0.15, -0.1) is 0 Å². The molecule has 118 valence electrons. The van der Waals surface area contributed by atoms with Crippen molar-refractivity contribution >= 4 is 29.2 Å². The summed E-state index contributed by atoms with van der Waals surface area (Å²) in [5, 5.41) is 0.907. The molecule has 0 aromatic heterocycles. The molecule has 0 bridgehead atoms. The van der Waals surface area contributed by atoms with Crippen LogP contribution in [0.1, 0.15) is 45.4 Å². The molecular weight excluding hydrogens is 311 g/mol. The summed E-state index contributed by atoms with van der Waals surface area (Å²) in [7, 11) is 0. The van der Waals surface area contributed by atoms with Crippen LogP contribution < -0.4 is 4.74 Å². The Hall–Kier alpha value is -0.930. The highest BCUT2D eigenvalue weighted by Crippen LogP contribution is 2.27. The second kappa shape index (κ2) is 10.7. The van der Waals surface area contributed by atoms with Crippen LogP contribution in [-0.4, -0.2) is 19.2 Å². The Labute approximate surface area is 136 Å². The molecular formula is C16H22Cl2O3. The Bertz CT molecular complexity index is 436. The van der Waals surface area contributed by atoms with E-state index in [0.717, 1.165) is 12.8 Å². The van der Waals surface area contributed by atoms with Gasteiger partial charge in [0, 0.05) is 5.02 Å². The molecule has 0 N–H and O–H groups in total. The molecule has 0 saturated heterocycles. The highest BCUT2D eigenvalue weighted by molar-refractivity contribution is 6.35. The van der Waals surface area contributed by atoms with Crippen LogP contribution in [0.25, 0.3) is 0 Å². The number of unbranched alkanes of at least 4 members (excludes halogenated alkanes) is 5. The second-order valence-electron chi connectivity index (χ2n) is 4.85. The van der Waals surface area contributed by atoms with Gasteiger partial charge in [0.15, 0.2) is 6.61 Å². The Balaban J connectivity index is 2.11. The fourth-order valence-electron chi connectivity index (χ4n) is 1.84. The van der Waals surface area contributed by atoms with Gasteiger partial charge in [0.1, 0.15) is 5.75 Å². The molecule has 0 unspecified atom stereocenters. The fraction of sp³-hybridized carbons (Fsp3) is 0.562. The summed E-state index contributed by atoms with van der Waals surface area (Å²) in [6.07, 6.45) is 6.95. The largest absolute Gasteiger partial charge is 0.480 e. The van der Waals surface area contributed by atoms with Crippen molar-refractivity contribution in [3.63, 3.8) is 0 Å². The smallest absolute Gasteiger partial charge is 0.344 e. The van der Waals surface area contributed by atoms with Crippen LogP contribution in [0.4, 0.5) is 0 Å². The molecule has 0 heterocycles. The molecule has 5 heteroatoms. The molecule has 0 aliphatic heterocycles. The van der Waals surface area contributed by atoms with E-state index in [9.17, 15) is 4.79 Å². The molecule has 0 radical (unpaired) electrons. The molecule has 0 fully saturated rings. The minimum atomic E-state index is -0.380. The number of ether oxygens (including phenoxy) is 2. The van der Waals surface area contributed by atoms with E-state index in [0.29, 0.717) is 22.4 Å². The van der Waals surface area contributed by atoms with Crippen molar-refractivity contribution in [1.82, 2.24) is 0 Å². The van der Waals surface area contributed by atoms with Gasteiger partial charge < -0.3 is 9.47 Å². The zero-order chi connectivity index (χ0) is 15.5. The second-order valence-corrected chi connectivity index (χ2v) is 5.70. The summed E-state index contributed by atoms with van der Waals surface area (Å²) >= 11 is 11.7. The predicted octanol–water partition coefficient (Wildman–Crippen LogP) is 5.28. The van der Waals surface area contributed by atoms with Crippen molar-refractivity contribution in [3.05, 3.63) is 28.2 Å². The Morgan fingerprint density at radius 2 is 1.81 bits per heavy atom. The molecule has 1 aromatic carbocycles. The van der Waals surface area contributed by atoms with E-state index < -0.39 is 0 Å². The average molecular weight is 333 g/mol. The predicted molar refractivity (Wildman–Crippen MR) is 86.3 cm³/mol. The number of hydrogen-bond donors (Lipinski definition) is 0. The van der Waals surface area contributed by atoms with Gasteiger partial charge in [-0.1, -0.05) is 62.2 Å². The molecule has 21 heavy (non-hydrogen) atoms. The number of benzene rings is 1. The lowest BCUT2D eigenvalue weighted by Gasteiger charge is -2.08. The van der Waals surface area contributed by atoms with Gasteiger partial charge in [-0.05, 0) is 24.6 Å². The zero-order valence-electron chi connectivity index (χ0n) is 12.4. The molecule has 0 saturated carbocycles.